The summed E-state index contributed by atoms with van der Waals surface area (Å²) in [6.45, 7) is -4.78. The Labute approximate surface area is 181 Å². The van der Waals surface area contributed by atoms with Crippen molar-refractivity contribution in [1.82, 2.24) is 5.32 Å². The first-order valence-electron chi connectivity index (χ1n) is 9.16. The average Bonchev–Trinajstić information content (AvgIpc) is 2.66. The Kier molecular flexibility index (Phi) is 12.8. The average molecular weight is 511 g/mol. The van der Waals surface area contributed by atoms with E-state index in [1.807, 2.05) is 5.32 Å². The number of nitrogens with one attached hydrogen (secondary N) is 1. The van der Waals surface area contributed by atoms with Crippen molar-refractivity contribution >= 4 is 12.1 Å². The highest BCUT2D eigenvalue weighted by molar-refractivity contribution is 5.69. The van der Waals surface area contributed by atoms with Crippen molar-refractivity contribution in [2.24, 2.45) is 0 Å². The van der Waals surface area contributed by atoms with Crippen LogP contribution in [0.3, 0.4) is 0 Å². The van der Waals surface area contributed by atoms with Gasteiger partial charge in [0.05, 0.1) is 7.11 Å². The Morgan fingerprint density at radius 3 is 1.94 bits per heavy atom. The molecule has 1 N–H and O–H groups in total. The molecular formula is C16H22F9NO7. The van der Waals surface area contributed by atoms with Gasteiger partial charge in [0.1, 0.15) is 0 Å². The van der Waals surface area contributed by atoms with Crippen LogP contribution in [0, 0.1) is 0 Å². The van der Waals surface area contributed by atoms with Gasteiger partial charge >= 0.3 is 36.7 Å². The van der Waals surface area contributed by atoms with Crippen LogP contribution in [0.4, 0.5) is 44.3 Å². The minimum atomic E-state index is -6.39. The summed E-state index contributed by atoms with van der Waals surface area (Å²) >= 11 is 0. The van der Waals surface area contributed by atoms with Gasteiger partial charge in [-0.25, -0.2) is 18.7 Å². The van der Waals surface area contributed by atoms with E-state index in [1.54, 1.807) is 0 Å². The maximum atomic E-state index is 13.3. The number of alkyl halides is 9. The summed E-state index contributed by atoms with van der Waals surface area (Å²) in [5.74, 6) is -0.363. The second-order valence-corrected chi connectivity index (χ2v) is 6.19. The number of carbonyl (C=O) groups excluding carboxylic acids is 2. The van der Waals surface area contributed by atoms with Crippen LogP contribution in [0.5, 0.6) is 0 Å². The predicted molar refractivity (Wildman–Crippen MR) is 88.1 cm³/mol. The summed E-state index contributed by atoms with van der Waals surface area (Å²) < 4.78 is 132. The van der Waals surface area contributed by atoms with E-state index in [0.717, 1.165) is 0 Å². The second-order valence-electron chi connectivity index (χ2n) is 6.19. The Bertz CT molecular complexity index is 609. The molecule has 0 aromatic heterocycles. The fraction of sp³-hybridized carbons (Fsp3) is 0.875. The first kappa shape index (κ1) is 31.0. The topological polar surface area (TPSA) is 92.3 Å². The van der Waals surface area contributed by atoms with Gasteiger partial charge in [0.2, 0.25) is 0 Å². The van der Waals surface area contributed by atoms with Crippen LogP contribution in [-0.4, -0.2) is 63.8 Å². The molecule has 0 heterocycles. The van der Waals surface area contributed by atoms with E-state index in [-0.39, 0.29) is 18.9 Å². The van der Waals surface area contributed by atoms with E-state index in [4.69, 9.17) is 0 Å². The standard InChI is InChI=1S/C16H22F9NO7/c1-29-11(27)7-5-3-2-4-6-8-26-12(28)30-9-13(18,19)32-14(20,21)15(22,23)33-16(24,25)31-10-17/h2-10H2,1H3,(H,26,28). The van der Waals surface area contributed by atoms with Crippen LogP contribution in [0.2, 0.25) is 0 Å². The molecule has 1 amide bonds. The van der Waals surface area contributed by atoms with Gasteiger partial charge < -0.3 is 14.8 Å². The van der Waals surface area contributed by atoms with E-state index in [1.165, 1.54) is 7.11 Å². The molecule has 0 unspecified atom stereocenters. The third-order valence-electron chi connectivity index (χ3n) is 3.51. The Balaban J connectivity index is 4.34. The molecule has 33 heavy (non-hydrogen) atoms. The smallest absolute Gasteiger partial charge is 0.469 e. The molecular weight excluding hydrogens is 489 g/mol. The van der Waals surface area contributed by atoms with Crippen molar-refractivity contribution < 1.29 is 72.8 Å². The van der Waals surface area contributed by atoms with Crippen molar-refractivity contribution in [3.63, 3.8) is 0 Å². The molecule has 0 aliphatic carbocycles. The number of hydrogen-bond acceptors (Lipinski definition) is 7. The van der Waals surface area contributed by atoms with Gasteiger partial charge in [0, 0.05) is 13.0 Å². The molecule has 0 aliphatic heterocycles. The summed E-state index contributed by atoms with van der Waals surface area (Å²) in [4.78, 5) is 22.2. The number of hydrogen-bond donors (Lipinski definition) is 1. The van der Waals surface area contributed by atoms with Crippen LogP contribution in [0.1, 0.15) is 38.5 Å². The lowest BCUT2D eigenvalue weighted by atomic mass is 10.1. The van der Waals surface area contributed by atoms with Gasteiger partial charge in [-0.15, -0.1) is 8.78 Å². The second kappa shape index (κ2) is 13.6. The maximum Gasteiger partial charge on any atom is 0.492 e. The molecule has 0 saturated carbocycles. The van der Waals surface area contributed by atoms with Crippen LogP contribution >= 0.6 is 0 Å². The molecule has 0 rings (SSSR count). The highest BCUT2D eigenvalue weighted by atomic mass is 19.3. The first-order chi connectivity index (χ1) is 15.1. The van der Waals surface area contributed by atoms with Gasteiger partial charge in [-0.1, -0.05) is 19.3 Å². The SMILES string of the molecule is COC(=O)CCCCCCCNC(=O)OCC(F)(F)OC(F)(F)C(F)(F)OC(F)(F)OCF. The third kappa shape index (κ3) is 13.3. The summed E-state index contributed by atoms with van der Waals surface area (Å²) in [6.07, 6.45) is -22.1. The van der Waals surface area contributed by atoms with E-state index in [2.05, 4.69) is 23.7 Å². The van der Waals surface area contributed by atoms with E-state index in [0.29, 0.717) is 32.1 Å². The molecule has 0 bridgehead atoms. The minimum absolute atomic E-state index is 0.0754. The van der Waals surface area contributed by atoms with Crippen LogP contribution in [0.25, 0.3) is 0 Å². The van der Waals surface area contributed by atoms with Gasteiger partial charge in [0.15, 0.2) is 13.5 Å². The highest BCUT2D eigenvalue weighted by Gasteiger charge is 2.68. The molecule has 0 aliphatic rings. The summed E-state index contributed by atoms with van der Waals surface area (Å²) in [7, 11) is 1.25. The molecule has 0 radical (unpaired) electrons. The molecule has 8 nitrogen and oxygen atoms in total. The third-order valence-corrected chi connectivity index (χ3v) is 3.51. The van der Waals surface area contributed by atoms with E-state index in [9.17, 15) is 49.1 Å². The number of esters is 1. The Morgan fingerprint density at radius 2 is 1.36 bits per heavy atom. The predicted octanol–water partition coefficient (Wildman–Crippen LogP) is 4.53. The quantitative estimate of drug-likeness (QED) is 0.133. The first-order valence-corrected chi connectivity index (χ1v) is 9.16. The molecule has 0 saturated heterocycles. The van der Waals surface area contributed by atoms with E-state index < -0.39 is 44.2 Å². The Morgan fingerprint density at radius 1 is 0.818 bits per heavy atom. The molecule has 0 atom stereocenters. The Hall–Kier alpha value is -2.01. The van der Waals surface area contributed by atoms with Crippen LogP contribution < -0.4 is 5.32 Å². The van der Waals surface area contributed by atoms with Crippen molar-refractivity contribution in [2.45, 2.75) is 63.1 Å². The molecule has 0 aromatic carbocycles. The fourth-order valence-corrected chi connectivity index (χ4v) is 2.00. The number of methoxy groups -OCH3 is 1. The maximum absolute atomic E-state index is 13.3. The number of unbranched alkanes of at least 4 members (excludes halogenated alkanes) is 4. The molecule has 0 aromatic rings. The minimum Gasteiger partial charge on any atom is -0.469 e. The summed E-state index contributed by atoms with van der Waals surface area (Å²) in [5, 5.41) is 1.98. The van der Waals surface area contributed by atoms with Crippen molar-refractivity contribution in [2.75, 3.05) is 27.1 Å². The lowest BCUT2D eigenvalue weighted by Crippen LogP contribution is -2.53. The zero-order valence-electron chi connectivity index (χ0n) is 17.1. The number of alkyl carbamates (subject to hydrolysis) is 1. The van der Waals surface area contributed by atoms with E-state index >= 15 is 0 Å². The normalized spacial score (nSPS) is 13.0. The largest absolute Gasteiger partial charge is 0.492 e. The number of carbonyl (C=O) groups is 2. The van der Waals surface area contributed by atoms with Gasteiger partial charge in [-0.2, -0.15) is 26.3 Å². The zero-order chi connectivity index (χ0) is 25.8. The lowest BCUT2D eigenvalue weighted by Gasteiger charge is -2.30. The van der Waals surface area contributed by atoms with Crippen LogP contribution in [-0.2, 0) is 28.5 Å². The number of ether oxygens (including phenoxy) is 5. The molecule has 17 heteroatoms. The van der Waals surface area contributed by atoms with Crippen molar-refractivity contribution in [3.8, 4) is 0 Å². The summed E-state index contributed by atoms with van der Waals surface area (Å²) in [6, 6.07) is 0. The highest BCUT2D eigenvalue weighted by Crippen LogP contribution is 2.43. The fourth-order valence-electron chi connectivity index (χ4n) is 2.00. The van der Waals surface area contributed by atoms with Crippen molar-refractivity contribution in [1.29, 1.82) is 0 Å². The summed E-state index contributed by atoms with van der Waals surface area (Å²) in [5.41, 5.74) is 0. The van der Waals surface area contributed by atoms with Crippen molar-refractivity contribution in [3.05, 3.63) is 0 Å². The molecule has 0 fully saturated rings. The lowest BCUT2D eigenvalue weighted by molar-refractivity contribution is -0.547. The number of rotatable bonds is 17. The van der Waals surface area contributed by atoms with Gasteiger partial charge in [0.25, 0.3) is 0 Å². The zero-order valence-corrected chi connectivity index (χ0v) is 17.1. The van der Waals surface area contributed by atoms with Crippen LogP contribution in [0.15, 0.2) is 0 Å². The number of amides is 1. The molecule has 196 valence electrons. The monoisotopic (exact) mass is 511 g/mol. The molecule has 0 spiro atoms. The van der Waals surface area contributed by atoms with Gasteiger partial charge in [-0.05, 0) is 12.8 Å². The van der Waals surface area contributed by atoms with Gasteiger partial charge in [-0.3, -0.25) is 9.53 Å². The number of halogens is 9.